The monoisotopic (exact) mass is 339 g/mol. The topological polar surface area (TPSA) is 67.6 Å². The van der Waals surface area contributed by atoms with Crippen molar-refractivity contribution in [3.05, 3.63) is 17.5 Å². The van der Waals surface area contributed by atoms with Crippen LogP contribution >= 0.6 is 0 Å². The van der Waals surface area contributed by atoms with Crippen LogP contribution in [0.2, 0.25) is 0 Å². The average molecular weight is 339 g/mol. The summed E-state index contributed by atoms with van der Waals surface area (Å²) in [6.07, 6.45) is 8.49. The molecule has 0 aliphatic rings. The molecule has 138 valence electrons. The lowest BCUT2D eigenvalue weighted by atomic mass is 10.1. The summed E-state index contributed by atoms with van der Waals surface area (Å²) in [7, 11) is 1.74. The number of rotatable bonds is 13. The molecule has 24 heavy (non-hydrogen) atoms. The number of aromatic nitrogens is 1. The van der Waals surface area contributed by atoms with Crippen LogP contribution in [0, 0.1) is 6.92 Å². The Balaban J connectivity index is 1.94. The van der Waals surface area contributed by atoms with Crippen LogP contribution in [0.1, 0.15) is 63.3 Å². The number of carbonyl (C=O) groups is 1. The highest BCUT2D eigenvalue weighted by Crippen LogP contribution is 2.05. The second-order valence-corrected chi connectivity index (χ2v) is 6.25. The Hall–Kier alpha value is -1.56. The van der Waals surface area contributed by atoms with E-state index in [2.05, 4.69) is 17.4 Å². The average Bonchev–Trinajstić information content (AvgIpc) is 2.97. The predicted octanol–water partition coefficient (Wildman–Crippen LogP) is 3.89. The van der Waals surface area contributed by atoms with Gasteiger partial charge in [-0.3, -0.25) is 0 Å². The zero-order valence-electron chi connectivity index (χ0n) is 15.5. The van der Waals surface area contributed by atoms with Gasteiger partial charge in [0.2, 0.25) is 0 Å². The van der Waals surface area contributed by atoms with Gasteiger partial charge in [0, 0.05) is 32.9 Å². The fourth-order valence-electron chi connectivity index (χ4n) is 2.40. The van der Waals surface area contributed by atoms with E-state index in [0.717, 1.165) is 30.9 Å². The summed E-state index contributed by atoms with van der Waals surface area (Å²) >= 11 is 0. The number of ether oxygens (including phenoxy) is 1. The number of aryl methyl sites for hydroxylation is 1. The van der Waals surface area contributed by atoms with E-state index in [9.17, 15) is 4.79 Å². The van der Waals surface area contributed by atoms with Gasteiger partial charge < -0.3 is 19.5 Å². The first-order valence-corrected chi connectivity index (χ1v) is 9.12. The maximum Gasteiger partial charge on any atom is 0.317 e. The van der Waals surface area contributed by atoms with Crippen molar-refractivity contribution < 1.29 is 14.1 Å². The third-order valence-corrected chi connectivity index (χ3v) is 3.81. The lowest BCUT2D eigenvalue weighted by molar-refractivity contribution is 0.127. The van der Waals surface area contributed by atoms with Crippen LogP contribution in [0.5, 0.6) is 0 Å². The second kappa shape index (κ2) is 12.8. The Bertz CT molecular complexity index is 448. The number of hydrogen-bond acceptors (Lipinski definition) is 4. The zero-order chi connectivity index (χ0) is 17.6. The number of unbranched alkanes of at least 4 members (excludes halogenated alkanes) is 5. The van der Waals surface area contributed by atoms with E-state index in [4.69, 9.17) is 9.26 Å². The quantitative estimate of drug-likeness (QED) is 0.554. The molecular weight excluding hydrogens is 306 g/mol. The molecule has 1 aromatic heterocycles. The molecule has 2 amide bonds. The molecular formula is C18H33N3O3. The van der Waals surface area contributed by atoms with E-state index >= 15 is 0 Å². The summed E-state index contributed by atoms with van der Waals surface area (Å²) in [5.41, 5.74) is 0.757. The van der Waals surface area contributed by atoms with E-state index in [1.807, 2.05) is 13.0 Å². The first kappa shape index (κ1) is 20.5. The molecule has 0 atom stereocenters. The maximum atomic E-state index is 11.9. The molecule has 0 spiro atoms. The fraction of sp³-hybridized carbons (Fsp3) is 0.778. The SMILES string of the molecule is CCCCCCCCOCCCNC(=O)N(C)Cc1cc(C)on1. The largest absolute Gasteiger partial charge is 0.381 e. The lowest BCUT2D eigenvalue weighted by Crippen LogP contribution is -2.37. The van der Waals surface area contributed by atoms with Gasteiger partial charge in [-0.15, -0.1) is 0 Å². The summed E-state index contributed by atoms with van der Waals surface area (Å²) < 4.78 is 10.6. The van der Waals surface area contributed by atoms with E-state index in [1.165, 1.54) is 32.1 Å². The lowest BCUT2D eigenvalue weighted by Gasteiger charge is -2.16. The molecule has 0 aliphatic carbocycles. The molecule has 0 fully saturated rings. The first-order chi connectivity index (χ1) is 11.6. The highest BCUT2D eigenvalue weighted by Gasteiger charge is 2.10. The van der Waals surface area contributed by atoms with Crippen LogP contribution in [0.15, 0.2) is 10.6 Å². The summed E-state index contributed by atoms with van der Waals surface area (Å²) in [6, 6.07) is 1.73. The molecule has 1 aromatic rings. The summed E-state index contributed by atoms with van der Waals surface area (Å²) in [6.45, 7) is 6.65. The van der Waals surface area contributed by atoms with Crippen LogP contribution in [0.3, 0.4) is 0 Å². The van der Waals surface area contributed by atoms with E-state index in [1.54, 1.807) is 11.9 Å². The number of amides is 2. The molecule has 0 bridgehead atoms. The molecule has 0 unspecified atom stereocenters. The summed E-state index contributed by atoms with van der Waals surface area (Å²) in [4.78, 5) is 13.5. The van der Waals surface area contributed by atoms with Gasteiger partial charge in [-0.05, 0) is 19.8 Å². The van der Waals surface area contributed by atoms with Crippen molar-refractivity contribution in [2.75, 3.05) is 26.8 Å². The molecule has 0 radical (unpaired) electrons. The third kappa shape index (κ3) is 9.55. The summed E-state index contributed by atoms with van der Waals surface area (Å²) in [5, 5.41) is 6.77. The van der Waals surface area contributed by atoms with Crippen LogP contribution in [0.4, 0.5) is 4.79 Å². The van der Waals surface area contributed by atoms with E-state index in [-0.39, 0.29) is 6.03 Å². The summed E-state index contributed by atoms with van der Waals surface area (Å²) in [5.74, 6) is 0.751. The van der Waals surface area contributed by atoms with Gasteiger partial charge in [-0.1, -0.05) is 44.2 Å². The van der Waals surface area contributed by atoms with Crippen molar-refractivity contribution in [2.24, 2.45) is 0 Å². The van der Waals surface area contributed by atoms with Gasteiger partial charge in [-0.2, -0.15) is 0 Å². The Labute approximate surface area is 145 Å². The van der Waals surface area contributed by atoms with Crippen molar-refractivity contribution >= 4 is 6.03 Å². The maximum absolute atomic E-state index is 11.9. The van der Waals surface area contributed by atoms with Crippen molar-refractivity contribution in [1.82, 2.24) is 15.4 Å². The minimum atomic E-state index is -0.105. The Kier molecular flexibility index (Phi) is 10.9. The normalized spacial score (nSPS) is 10.8. The Morgan fingerprint density at radius 2 is 1.92 bits per heavy atom. The van der Waals surface area contributed by atoms with Gasteiger partial charge >= 0.3 is 6.03 Å². The van der Waals surface area contributed by atoms with Gasteiger partial charge in [0.25, 0.3) is 0 Å². The third-order valence-electron chi connectivity index (χ3n) is 3.81. The van der Waals surface area contributed by atoms with Crippen LogP contribution < -0.4 is 5.32 Å². The van der Waals surface area contributed by atoms with Crippen LogP contribution in [-0.2, 0) is 11.3 Å². The molecule has 6 heteroatoms. The van der Waals surface area contributed by atoms with Crippen LogP contribution in [0.25, 0.3) is 0 Å². The minimum absolute atomic E-state index is 0.105. The second-order valence-electron chi connectivity index (χ2n) is 6.25. The molecule has 1 heterocycles. The van der Waals surface area contributed by atoms with Crippen molar-refractivity contribution in [1.29, 1.82) is 0 Å². The molecule has 1 N–H and O–H groups in total. The van der Waals surface area contributed by atoms with Crippen LogP contribution in [-0.4, -0.2) is 42.9 Å². The molecule has 0 saturated heterocycles. The number of nitrogens with zero attached hydrogens (tertiary/aromatic N) is 2. The van der Waals surface area contributed by atoms with Gasteiger partial charge in [-0.25, -0.2) is 4.79 Å². The molecule has 1 rings (SSSR count). The number of urea groups is 1. The van der Waals surface area contributed by atoms with Crippen molar-refractivity contribution in [3.63, 3.8) is 0 Å². The standard InChI is InChI=1S/C18H33N3O3/c1-4-5-6-7-8-9-12-23-13-10-11-19-18(22)21(3)15-17-14-16(2)24-20-17/h14H,4-13,15H2,1-3H3,(H,19,22). The Morgan fingerprint density at radius 1 is 1.21 bits per heavy atom. The fourth-order valence-corrected chi connectivity index (χ4v) is 2.40. The highest BCUT2D eigenvalue weighted by atomic mass is 16.5. The minimum Gasteiger partial charge on any atom is -0.381 e. The van der Waals surface area contributed by atoms with Crippen molar-refractivity contribution in [2.45, 2.75) is 65.3 Å². The van der Waals surface area contributed by atoms with E-state index in [0.29, 0.717) is 19.7 Å². The van der Waals surface area contributed by atoms with Gasteiger partial charge in [0.1, 0.15) is 11.5 Å². The predicted molar refractivity (Wildman–Crippen MR) is 94.9 cm³/mol. The van der Waals surface area contributed by atoms with E-state index < -0.39 is 0 Å². The highest BCUT2D eigenvalue weighted by molar-refractivity contribution is 5.73. The molecule has 0 aliphatic heterocycles. The van der Waals surface area contributed by atoms with Gasteiger partial charge in [0.15, 0.2) is 0 Å². The number of carbonyl (C=O) groups excluding carboxylic acids is 1. The molecule has 0 aromatic carbocycles. The smallest absolute Gasteiger partial charge is 0.317 e. The molecule has 0 saturated carbocycles. The Morgan fingerprint density at radius 3 is 2.62 bits per heavy atom. The molecule has 6 nitrogen and oxygen atoms in total. The number of hydrogen-bond donors (Lipinski definition) is 1. The van der Waals surface area contributed by atoms with Crippen molar-refractivity contribution in [3.8, 4) is 0 Å². The number of nitrogens with one attached hydrogen (secondary N) is 1. The zero-order valence-corrected chi connectivity index (χ0v) is 15.5. The van der Waals surface area contributed by atoms with Gasteiger partial charge in [0.05, 0.1) is 6.54 Å². The first-order valence-electron chi connectivity index (χ1n) is 9.12.